The van der Waals surface area contributed by atoms with Gasteiger partial charge in [0.05, 0.1) is 5.41 Å². The highest BCUT2D eigenvalue weighted by atomic mass is 35.5. The van der Waals surface area contributed by atoms with Crippen molar-refractivity contribution in [3.05, 3.63) is 0 Å². The van der Waals surface area contributed by atoms with Crippen LogP contribution in [0.2, 0.25) is 0 Å². The second kappa shape index (κ2) is 10.6. The summed E-state index contributed by atoms with van der Waals surface area (Å²) in [6.45, 7) is 7.82. The lowest BCUT2D eigenvalue weighted by Gasteiger charge is -2.43. The molecule has 0 amide bonds. The van der Waals surface area contributed by atoms with Gasteiger partial charge in [0.1, 0.15) is 6.61 Å². The number of hydrogen-bond donors (Lipinski definition) is 0. The third kappa shape index (κ3) is 5.35. The lowest BCUT2D eigenvalue weighted by atomic mass is 9.62. The van der Waals surface area contributed by atoms with Crippen LogP contribution in [0.15, 0.2) is 0 Å². The molecule has 0 atom stereocenters. The Morgan fingerprint density at radius 3 is 2.17 bits per heavy atom. The summed E-state index contributed by atoms with van der Waals surface area (Å²) in [4.78, 5) is 15.3. The van der Waals surface area contributed by atoms with Crippen molar-refractivity contribution < 1.29 is 23.4 Å². The van der Waals surface area contributed by atoms with Crippen LogP contribution in [0.25, 0.3) is 0 Å². The standard InChI is InChI=1S/C19H35NO2.ClH/c1-3-20(4-2)15-16-22-18(21)19(13-9-6-10-14-19)17-11-7-5-8-12-17;/h17H,3-16H2,1-2H3;1H. The SMILES string of the molecule is CCN(CC)CCOC(=O)C1(C2CCCCC2)CCCCC1.[Cl-].[H+]. The van der Waals surface area contributed by atoms with Crippen LogP contribution in [0.5, 0.6) is 0 Å². The van der Waals surface area contributed by atoms with E-state index < -0.39 is 0 Å². The number of likely N-dealkylation sites (N-methyl/N-ethyl adjacent to an activating group) is 1. The molecule has 0 heterocycles. The van der Waals surface area contributed by atoms with E-state index in [1.807, 2.05) is 0 Å². The summed E-state index contributed by atoms with van der Waals surface area (Å²) in [6, 6.07) is 0. The Morgan fingerprint density at radius 2 is 1.61 bits per heavy atom. The van der Waals surface area contributed by atoms with E-state index in [0.717, 1.165) is 32.5 Å². The van der Waals surface area contributed by atoms with Gasteiger partial charge < -0.3 is 22.0 Å². The van der Waals surface area contributed by atoms with E-state index in [1.54, 1.807) is 0 Å². The van der Waals surface area contributed by atoms with Crippen molar-refractivity contribution in [3.8, 4) is 0 Å². The van der Waals surface area contributed by atoms with Gasteiger partial charge in [0.15, 0.2) is 0 Å². The van der Waals surface area contributed by atoms with Crippen LogP contribution < -0.4 is 12.4 Å². The van der Waals surface area contributed by atoms with Gasteiger partial charge in [-0.1, -0.05) is 52.4 Å². The number of carbonyl (C=O) groups is 1. The molecule has 0 spiro atoms. The maximum atomic E-state index is 12.9. The molecular formula is C19H36ClNO2. The summed E-state index contributed by atoms with van der Waals surface area (Å²) < 4.78 is 5.79. The normalized spacial score (nSPS) is 21.7. The number of ether oxygens (including phenoxy) is 1. The molecular weight excluding hydrogens is 310 g/mol. The summed E-state index contributed by atoms with van der Waals surface area (Å²) in [5, 5.41) is 0. The second-order valence-electron chi connectivity index (χ2n) is 7.21. The first kappa shape index (κ1) is 20.8. The quantitative estimate of drug-likeness (QED) is 0.655. The molecule has 0 aliphatic heterocycles. The van der Waals surface area contributed by atoms with Crippen molar-refractivity contribution in [2.24, 2.45) is 11.3 Å². The molecule has 0 aromatic carbocycles. The molecule has 2 aliphatic carbocycles. The minimum Gasteiger partial charge on any atom is -1.00 e. The number of nitrogens with zero attached hydrogens (tertiary/aromatic N) is 1. The van der Waals surface area contributed by atoms with Gasteiger partial charge in [0.2, 0.25) is 0 Å². The van der Waals surface area contributed by atoms with Crippen molar-refractivity contribution in [2.45, 2.75) is 78.1 Å². The van der Waals surface area contributed by atoms with Crippen LogP contribution in [-0.4, -0.2) is 37.1 Å². The van der Waals surface area contributed by atoms with Gasteiger partial charge in [-0.25, -0.2) is 0 Å². The van der Waals surface area contributed by atoms with E-state index in [1.165, 1.54) is 51.4 Å². The third-order valence-electron chi connectivity index (χ3n) is 6.07. The first-order valence-corrected chi connectivity index (χ1v) is 9.62. The average molecular weight is 346 g/mol. The highest BCUT2D eigenvalue weighted by molar-refractivity contribution is 5.77. The van der Waals surface area contributed by atoms with Crippen LogP contribution in [0.4, 0.5) is 0 Å². The first-order chi connectivity index (χ1) is 10.7. The zero-order valence-electron chi connectivity index (χ0n) is 16.1. The van der Waals surface area contributed by atoms with E-state index in [4.69, 9.17) is 4.74 Å². The second-order valence-corrected chi connectivity index (χ2v) is 7.21. The molecule has 2 saturated carbocycles. The minimum atomic E-state index is -0.137. The predicted octanol–water partition coefficient (Wildman–Crippen LogP) is 1.52. The number of rotatable bonds is 7. The number of esters is 1. The maximum Gasteiger partial charge on any atom is 1.00 e. The topological polar surface area (TPSA) is 29.5 Å². The summed E-state index contributed by atoms with van der Waals surface area (Å²) in [6.07, 6.45) is 12.3. The molecule has 136 valence electrons. The maximum absolute atomic E-state index is 12.9. The lowest BCUT2D eigenvalue weighted by molar-refractivity contribution is -0.164. The molecule has 3 nitrogen and oxygen atoms in total. The summed E-state index contributed by atoms with van der Waals surface area (Å²) in [5.74, 6) is 0.716. The fraction of sp³-hybridized carbons (Fsp3) is 0.947. The predicted molar refractivity (Wildman–Crippen MR) is 92.0 cm³/mol. The third-order valence-corrected chi connectivity index (χ3v) is 6.07. The van der Waals surface area contributed by atoms with E-state index in [-0.39, 0.29) is 25.2 Å². The Hall–Kier alpha value is -0.280. The van der Waals surface area contributed by atoms with E-state index in [2.05, 4.69) is 18.7 Å². The molecule has 2 aliphatic rings. The molecule has 0 radical (unpaired) electrons. The fourth-order valence-corrected chi connectivity index (χ4v) is 4.57. The molecule has 0 aromatic heterocycles. The van der Waals surface area contributed by atoms with E-state index in [9.17, 15) is 4.79 Å². The molecule has 0 bridgehead atoms. The lowest BCUT2D eigenvalue weighted by Crippen LogP contribution is -3.00. The molecule has 4 heteroatoms. The smallest absolute Gasteiger partial charge is 1.00 e. The molecule has 2 rings (SSSR count). The summed E-state index contributed by atoms with van der Waals surface area (Å²) in [7, 11) is 0. The highest BCUT2D eigenvalue weighted by Crippen LogP contribution is 2.49. The van der Waals surface area contributed by atoms with Crippen molar-refractivity contribution in [2.75, 3.05) is 26.2 Å². The van der Waals surface area contributed by atoms with Crippen LogP contribution in [0, 0.1) is 11.3 Å². The first-order valence-electron chi connectivity index (χ1n) is 9.62. The fourth-order valence-electron chi connectivity index (χ4n) is 4.57. The molecule has 0 unspecified atom stereocenters. The van der Waals surface area contributed by atoms with Gasteiger partial charge in [-0.15, -0.1) is 0 Å². The van der Waals surface area contributed by atoms with Gasteiger partial charge in [0, 0.05) is 6.54 Å². The van der Waals surface area contributed by atoms with Crippen LogP contribution in [-0.2, 0) is 9.53 Å². The molecule has 23 heavy (non-hydrogen) atoms. The van der Waals surface area contributed by atoms with E-state index >= 15 is 0 Å². The number of hydrogen-bond acceptors (Lipinski definition) is 3. The summed E-state index contributed by atoms with van der Waals surface area (Å²) >= 11 is 0. The minimum absolute atomic E-state index is 0. The molecule has 0 N–H and O–H groups in total. The molecule has 0 aromatic rings. The largest absolute Gasteiger partial charge is 1.00 e. The molecule has 2 fully saturated rings. The Labute approximate surface area is 150 Å². The van der Waals surface area contributed by atoms with Gasteiger partial charge in [-0.05, 0) is 44.7 Å². The number of halogens is 1. The van der Waals surface area contributed by atoms with Gasteiger partial charge >= 0.3 is 7.40 Å². The van der Waals surface area contributed by atoms with Crippen molar-refractivity contribution in [3.63, 3.8) is 0 Å². The van der Waals surface area contributed by atoms with Gasteiger partial charge in [0.25, 0.3) is 0 Å². The number of carbonyl (C=O) groups excluding carboxylic acids is 1. The highest BCUT2D eigenvalue weighted by Gasteiger charge is 2.47. The monoisotopic (exact) mass is 345 g/mol. The van der Waals surface area contributed by atoms with Gasteiger partial charge in [-0.2, -0.15) is 0 Å². The Balaban J connectivity index is 0.00000264. The summed E-state index contributed by atoms with van der Waals surface area (Å²) in [5.41, 5.74) is -0.137. The Bertz CT molecular complexity index is 338. The zero-order valence-corrected chi connectivity index (χ0v) is 15.9. The molecule has 0 saturated heterocycles. The van der Waals surface area contributed by atoms with Crippen LogP contribution >= 0.6 is 0 Å². The van der Waals surface area contributed by atoms with Crippen LogP contribution in [0.1, 0.15) is 79.5 Å². The van der Waals surface area contributed by atoms with Crippen molar-refractivity contribution in [1.29, 1.82) is 0 Å². The average Bonchev–Trinajstić information content (AvgIpc) is 2.60. The Morgan fingerprint density at radius 1 is 1.04 bits per heavy atom. The van der Waals surface area contributed by atoms with Crippen LogP contribution in [0.3, 0.4) is 0 Å². The Kier molecular flexibility index (Phi) is 9.53. The van der Waals surface area contributed by atoms with E-state index in [0.29, 0.717) is 12.5 Å². The zero-order chi connectivity index (χ0) is 15.8. The van der Waals surface area contributed by atoms with Crippen molar-refractivity contribution >= 4 is 5.97 Å². The van der Waals surface area contributed by atoms with Crippen molar-refractivity contribution in [1.82, 2.24) is 4.90 Å². The van der Waals surface area contributed by atoms with Gasteiger partial charge in [-0.3, -0.25) is 4.79 Å².